The zero-order valence-electron chi connectivity index (χ0n) is 12.3. The van der Waals surface area contributed by atoms with Crippen LogP contribution >= 0.6 is 11.3 Å². The summed E-state index contributed by atoms with van der Waals surface area (Å²) >= 11 is 1.59. The summed E-state index contributed by atoms with van der Waals surface area (Å²) in [5.41, 5.74) is 6.06. The predicted molar refractivity (Wildman–Crippen MR) is 83.2 cm³/mol. The number of fused-ring (bicyclic) bond motifs is 1. The summed E-state index contributed by atoms with van der Waals surface area (Å²) in [6.07, 6.45) is 0.724. The summed E-state index contributed by atoms with van der Waals surface area (Å²) in [4.78, 5) is 31.4. The number of hydrogen-bond donors (Lipinski definition) is 0. The van der Waals surface area contributed by atoms with Crippen molar-refractivity contribution in [3.05, 3.63) is 44.9 Å². The molecular formula is C16H16N2O2S. The number of thiazole rings is 1. The summed E-state index contributed by atoms with van der Waals surface area (Å²) in [6, 6.07) is 3.87. The van der Waals surface area contributed by atoms with E-state index in [9.17, 15) is 9.59 Å². The molecule has 108 valence electrons. The number of ketones is 1. The first-order chi connectivity index (χ1) is 9.99. The summed E-state index contributed by atoms with van der Waals surface area (Å²) in [5, 5.41) is 0. The molecule has 0 atom stereocenters. The molecule has 4 nitrogen and oxygen atoms in total. The molecule has 0 saturated carbocycles. The maximum Gasteiger partial charge on any atom is 0.299 e. The minimum atomic E-state index is -0.416. The first kappa shape index (κ1) is 13.9. The van der Waals surface area contributed by atoms with Gasteiger partial charge in [0, 0.05) is 17.8 Å². The van der Waals surface area contributed by atoms with Gasteiger partial charge in [0.1, 0.15) is 0 Å². The van der Waals surface area contributed by atoms with Crippen LogP contribution in [0.4, 0.5) is 5.69 Å². The fourth-order valence-electron chi connectivity index (χ4n) is 2.79. The third-order valence-corrected chi connectivity index (χ3v) is 4.82. The third-order valence-electron chi connectivity index (χ3n) is 3.82. The zero-order chi connectivity index (χ0) is 15.1. The molecular weight excluding hydrogens is 284 g/mol. The average molecular weight is 300 g/mol. The standard InChI is InChI=1S/C16H16N2O2S/c1-9-6-10(2)14-12(7-9)18(16(20)15(14)19)5-4-13-11(3)17-8-21-13/h6-8H,4-5H2,1-3H3. The van der Waals surface area contributed by atoms with Crippen LogP contribution in [0, 0.1) is 20.8 Å². The molecule has 0 bridgehead atoms. The van der Waals surface area contributed by atoms with Crippen LogP contribution in [0.5, 0.6) is 0 Å². The van der Waals surface area contributed by atoms with E-state index in [-0.39, 0.29) is 5.78 Å². The Kier molecular flexibility index (Phi) is 3.37. The Bertz CT molecular complexity index is 749. The first-order valence-electron chi connectivity index (χ1n) is 6.85. The topological polar surface area (TPSA) is 50.3 Å². The molecule has 0 aliphatic carbocycles. The molecule has 1 amide bonds. The molecule has 2 aromatic rings. The second kappa shape index (κ2) is 5.07. The number of hydrogen-bond acceptors (Lipinski definition) is 4. The summed E-state index contributed by atoms with van der Waals surface area (Å²) in [7, 11) is 0. The number of Topliss-reactive ketones (excluding diaryl/α,β-unsaturated/α-hetero) is 1. The van der Waals surface area contributed by atoms with E-state index in [1.54, 1.807) is 16.2 Å². The molecule has 0 N–H and O–H groups in total. The highest BCUT2D eigenvalue weighted by atomic mass is 32.1. The van der Waals surface area contributed by atoms with Crippen molar-refractivity contribution in [2.45, 2.75) is 27.2 Å². The van der Waals surface area contributed by atoms with Crippen LogP contribution in [-0.4, -0.2) is 23.2 Å². The van der Waals surface area contributed by atoms with Gasteiger partial charge in [-0.1, -0.05) is 6.07 Å². The van der Waals surface area contributed by atoms with Gasteiger partial charge in [-0.2, -0.15) is 0 Å². The summed E-state index contributed by atoms with van der Waals surface area (Å²) in [5.74, 6) is -0.801. The van der Waals surface area contributed by atoms with Crippen molar-refractivity contribution in [2.75, 3.05) is 11.4 Å². The highest BCUT2D eigenvalue weighted by Gasteiger charge is 2.36. The van der Waals surface area contributed by atoms with Gasteiger partial charge in [-0.25, -0.2) is 4.98 Å². The predicted octanol–water partition coefficient (Wildman–Crippen LogP) is 2.84. The van der Waals surface area contributed by atoms with Crippen LogP contribution in [0.1, 0.15) is 32.1 Å². The lowest BCUT2D eigenvalue weighted by Crippen LogP contribution is -2.31. The number of carbonyl (C=O) groups is 2. The molecule has 0 unspecified atom stereocenters. The van der Waals surface area contributed by atoms with E-state index in [1.807, 2.05) is 38.4 Å². The Hall–Kier alpha value is -2.01. The average Bonchev–Trinajstić information content (AvgIpc) is 2.92. The smallest absolute Gasteiger partial charge is 0.299 e. The van der Waals surface area contributed by atoms with Gasteiger partial charge in [-0.3, -0.25) is 9.59 Å². The van der Waals surface area contributed by atoms with E-state index in [4.69, 9.17) is 0 Å². The van der Waals surface area contributed by atoms with Crippen molar-refractivity contribution in [2.24, 2.45) is 0 Å². The molecule has 0 fully saturated rings. The van der Waals surface area contributed by atoms with E-state index < -0.39 is 5.91 Å². The lowest BCUT2D eigenvalue weighted by Gasteiger charge is -2.17. The molecule has 2 heterocycles. The van der Waals surface area contributed by atoms with E-state index in [0.29, 0.717) is 12.1 Å². The molecule has 1 aromatic heterocycles. The number of nitrogens with zero attached hydrogens (tertiary/aromatic N) is 2. The normalized spacial score (nSPS) is 14.0. The van der Waals surface area contributed by atoms with Crippen LogP contribution < -0.4 is 4.90 Å². The van der Waals surface area contributed by atoms with Gasteiger partial charge in [0.05, 0.1) is 22.5 Å². The van der Waals surface area contributed by atoms with E-state index in [0.717, 1.165) is 33.8 Å². The number of amides is 1. The Morgan fingerprint density at radius 3 is 2.62 bits per heavy atom. The SMILES string of the molecule is Cc1cc(C)c2c(c1)N(CCc1scnc1C)C(=O)C2=O. The van der Waals surface area contributed by atoms with Gasteiger partial charge in [0.15, 0.2) is 0 Å². The minimum absolute atomic E-state index is 0.386. The van der Waals surface area contributed by atoms with Crippen molar-refractivity contribution < 1.29 is 9.59 Å². The second-order valence-electron chi connectivity index (χ2n) is 5.37. The number of anilines is 1. The van der Waals surface area contributed by atoms with E-state index in [2.05, 4.69) is 4.98 Å². The Labute approximate surface area is 127 Å². The van der Waals surface area contributed by atoms with Crippen molar-refractivity contribution in [3.8, 4) is 0 Å². The van der Waals surface area contributed by atoms with Crippen molar-refractivity contribution in [1.29, 1.82) is 0 Å². The van der Waals surface area contributed by atoms with Gasteiger partial charge in [-0.15, -0.1) is 11.3 Å². The molecule has 0 saturated heterocycles. The van der Waals surface area contributed by atoms with Crippen LogP contribution in [0.3, 0.4) is 0 Å². The summed E-state index contributed by atoms with van der Waals surface area (Å²) in [6.45, 7) is 6.34. The second-order valence-corrected chi connectivity index (χ2v) is 6.31. The van der Waals surface area contributed by atoms with Crippen LogP contribution in [0.2, 0.25) is 0 Å². The van der Waals surface area contributed by atoms with Gasteiger partial charge >= 0.3 is 0 Å². The lowest BCUT2D eigenvalue weighted by molar-refractivity contribution is -0.114. The number of benzene rings is 1. The van der Waals surface area contributed by atoms with Gasteiger partial charge < -0.3 is 4.90 Å². The minimum Gasteiger partial charge on any atom is -0.304 e. The quantitative estimate of drug-likeness (QED) is 0.819. The Morgan fingerprint density at radius 2 is 1.95 bits per heavy atom. The van der Waals surface area contributed by atoms with Gasteiger partial charge in [-0.05, 0) is 38.0 Å². The molecule has 5 heteroatoms. The Morgan fingerprint density at radius 1 is 1.19 bits per heavy atom. The zero-order valence-corrected chi connectivity index (χ0v) is 13.1. The van der Waals surface area contributed by atoms with E-state index in [1.165, 1.54) is 0 Å². The molecule has 1 aliphatic heterocycles. The molecule has 0 radical (unpaired) electrons. The number of aromatic nitrogens is 1. The molecule has 1 aromatic carbocycles. The molecule has 21 heavy (non-hydrogen) atoms. The highest BCUT2D eigenvalue weighted by Crippen LogP contribution is 2.33. The number of aryl methyl sites for hydroxylation is 3. The first-order valence-corrected chi connectivity index (χ1v) is 7.73. The van der Waals surface area contributed by atoms with Crippen molar-refractivity contribution in [3.63, 3.8) is 0 Å². The number of carbonyl (C=O) groups excluding carboxylic acids is 2. The maximum atomic E-state index is 12.2. The van der Waals surface area contributed by atoms with Gasteiger partial charge in [0.2, 0.25) is 0 Å². The van der Waals surface area contributed by atoms with Crippen LogP contribution in [0.25, 0.3) is 0 Å². The Balaban J connectivity index is 1.92. The van der Waals surface area contributed by atoms with Gasteiger partial charge in [0.25, 0.3) is 11.7 Å². The fraction of sp³-hybridized carbons (Fsp3) is 0.312. The van der Waals surface area contributed by atoms with Crippen LogP contribution in [-0.2, 0) is 11.2 Å². The monoisotopic (exact) mass is 300 g/mol. The molecule has 0 spiro atoms. The highest BCUT2D eigenvalue weighted by molar-refractivity contribution is 7.09. The van der Waals surface area contributed by atoms with E-state index >= 15 is 0 Å². The summed E-state index contributed by atoms with van der Waals surface area (Å²) < 4.78 is 0. The largest absolute Gasteiger partial charge is 0.304 e. The van der Waals surface area contributed by atoms with Crippen molar-refractivity contribution in [1.82, 2.24) is 4.98 Å². The third kappa shape index (κ3) is 2.27. The molecule has 3 rings (SSSR count). The maximum absolute atomic E-state index is 12.2. The number of rotatable bonds is 3. The lowest BCUT2D eigenvalue weighted by atomic mass is 10.0. The van der Waals surface area contributed by atoms with Crippen LogP contribution in [0.15, 0.2) is 17.6 Å². The molecule has 1 aliphatic rings. The van der Waals surface area contributed by atoms with Crippen molar-refractivity contribution >= 4 is 28.7 Å². The fourth-order valence-corrected chi connectivity index (χ4v) is 3.56.